The van der Waals surface area contributed by atoms with E-state index in [0.29, 0.717) is 5.44 Å². The van der Waals surface area contributed by atoms with E-state index in [1.54, 1.807) is 0 Å². The van der Waals surface area contributed by atoms with Crippen LogP contribution in [0.4, 0.5) is 0 Å². The zero-order valence-electron chi connectivity index (χ0n) is 13.9. The molecule has 0 radical (unpaired) electrons. The minimum atomic E-state index is -1.62. The molecule has 1 saturated heterocycles. The maximum absolute atomic E-state index is 6.25. The van der Waals surface area contributed by atoms with Gasteiger partial charge >= 0.3 is 7.12 Å². The lowest BCUT2D eigenvalue weighted by molar-refractivity contribution is 0.00578. The SMILES string of the molecule is CC(B1OC(C)(C)C(C)(C)O1)[Si](C)(C)c1ccccc1. The number of hydrogen-bond donors (Lipinski definition) is 0. The molecule has 2 nitrogen and oxygen atoms in total. The topological polar surface area (TPSA) is 18.5 Å². The normalized spacial score (nSPS) is 22.9. The summed E-state index contributed by atoms with van der Waals surface area (Å²) in [7, 11) is -1.73. The molecule has 2 rings (SSSR count). The maximum atomic E-state index is 6.25. The molecule has 0 N–H and O–H groups in total. The first-order valence-electron chi connectivity index (χ1n) is 7.49. The highest BCUT2D eigenvalue weighted by atomic mass is 28.3. The van der Waals surface area contributed by atoms with Crippen LogP contribution >= 0.6 is 0 Å². The highest BCUT2D eigenvalue weighted by molar-refractivity contribution is 6.97. The third-order valence-electron chi connectivity index (χ3n) is 5.34. The van der Waals surface area contributed by atoms with Crippen molar-refractivity contribution in [1.82, 2.24) is 0 Å². The van der Waals surface area contributed by atoms with Crippen LogP contribution < -0.4 is 5.19 Å². The van der Waals surface area contributed by atoms with Crippen molar-refractivity contribution in [2.75, 3.05) is 0 Å². The first kappa shape index (κ1) is 15.8. The number of hydrogen-bond acceptors (Lipinski definition) is 2. The second-order valence-corrected chi connectivity index (χ2v) is 12.4. The van der Waals surface area contributed by atoms with Gasteiger partial charge in [-0.25, -0.2) is 0 Å². The average Bonchev–Trinajstić information content (AvgIpc) is 2.58. The molecule has 0 aliphatic carbocycles. The van der Waals surface area contributed by atoms with Gasteiger partial charge in [-0.2, -0.15) is 0 Å². The van der Waals surface area contributed by atoms with Crippen LogP contribution in [0.2, 0.25) is 18.5 Å². The predicted octanol–water partition coefficient (Wildman–Crippen LogP) is 3.62. The summed E-state index contributed by atoms with van der Waals surface area (Å²) in [5.41, 5.74) is -0.0776. The Balaban J connectivity index is 2.23. The molecular weight excluding hydrogens is 263 g/mol. The minimum Gasteiger partial charge on any atom is -0.403 e. The summed E-state index contributed by atoms with van der Waals surface area (Å²) in [6.07, 6.45) is 0. The zero-order chi connectivity index (χ0) is 15.2. The van der Waals surface area contributed by atoms with Crippen molar-refractivity contribution in [2.45, 2.75) is 64.4 Å². The van der Waals surface area contributed by atoms with E-state index in [-0.39, 0.29) is 18.3 Å². The highest BCUT2D eigenvalue weighted by Gasteiger charge is 2.55. The van der Waals surface area contributed by atoms with Gasteiger partial charge < -0.3 is 9.31 Å². The average molecular weight is 290 g/mol. The predicted molar refractivity (Wildman–Crippen MR) is 89.1 cm³/mol. The Morgan fingerprint density at radius 1 is 0.950 bits per heavy atom. The van der Waals surface area contributed by atoms with Gasteiger partial charge in [-0.1, -0.05) is 55.5 Å². The van der Waals surface area contributed by atoms with Crippen LogP contribution in [0.25, 0.3) is 0 Å². The van der Waals surface area contributed by atoms with Crippen molar-refractivity contribution in [3.05, 3.63) is 30.3 Å². The summed E-state index contributed by atoms with van der Waals surface area (Å²) in [5, 5.41) is 1.46. The van der Waals surface area contributed by atoms with Gasteiger partial charge in [-0.05, 0) is 33.1 Å². The minimum absolute atomic E-state index is 0.109. The molecule has 0 saturated carbocycles. The Hall–Kier alpha value is -0.578. The van der Waals surface area contributed by atoms with Gasteiger partial charge in [0.05, 0.1) is 19.3 Å². The third kappa shape index (κ3) is 2.61. The van der Waals surface area contributed by atoms with Crippen LogP contribution in [-0.4, -0.2) is 26.4 Å². The molecule has 1 heterocycles. The van der Waals surface area contributed by atoms with E-state index in [2.05, 4.69) is 78.0 Å². The molecule has 1 fully saturated rings. The number of benzene rings is 1. The van der Waals surface area contributed by atoms with Crippen LogP contribution in [0.5, 0.6) is 0 Å². The van der Waals surface area contributed by atoms with Gasteiger partial charge in [-0.15, -0.1) is 0 Å². The van der Waals surface area contributed by atoms with Gasteiger partial charge in [0.1, 0.15) is 0 Å². The first-order valence-corrected chi connectivity index (χ1v) is 10.6. The van der Waals surface area contributed by atoms with Gasteiger partial charge in [-0.3, -0.25) is 0 Å². The second kappa shape index (κ2) is 5.01. The number of rotatable bonds is 3. The lowest BCUT2D eigenvalue weighted by atomic mass is 9.85. The van der Waals surface area contributed by atoms with Crippen molar-refractivity contribution in [3.63, 3.8) is 0 Å². The van der Waals surface area contributed by atoms with E-state index < -0.39 is 8.07 Å². The van der Waals surface area contributed by atoms with E-state index >= 15 is 0 Å². The summed E-state index contributed by atoms with van der Waals surface area (Å²) >= 11 is 0. The second-order valence-electron chi connectivity index (χ2n) is 7.50. The molecule has 1 aromatic carbocycles. The Kier molecular flexibility index (Phi) is 3.96. The van der Waals surface area contributed by atoms with E-state index in [1.807, 2.05) is 0 Å². The fourth-order valence-electron chi connectivity index (χ4n) is 2.56. The molecule has 1 unspecified atom stereocenters. The Morgan fingerprint density at radius 2 is 1.40 bits per heavy atom. The molecule has 0 spiro atoms. The lowest BCUT2D eigenvalue weighted by Gasteiger charge is -2.32. The highest BCUT2D eigenvalue weighted by Crippen LogP contribution is 2.41. The summed E-state index contributed by atoms with van der Waals surface area (Å²) < 4.78 is 12.5. The van der Waals surface area contributed by atoms with Crippen LogP contribution in [-0.2, 0) is 9.31 Å². The van der Waals surface area contributed by atoms with Crippen molar-refractivity contribution in [2.24, 2.45) is 0 Å². The van der Waals surface area contributed by atoms with E-state index in [0.717, 1.165) is 0 Å². The van der Waals surface area contributed by atoms with Crippen molar-refractivity contribution in [3.8, 4) is 0 Å². The summed E-state index contributed by atoms with van der Waals surface area (Å²) in [6, 6.07) is 10.8. The molecule has 0 aromatic heterocycles. The summed E-state index contributed by atoms with van der Waals surface area (Å²) in [6.45, 7) is 15.6. The fraction of sp³-hybridized carbons (Fsp3) is 0.625. The molecule has 1 atom stereocenters. The molecular formula is C16H27BO2Si. The molecule has 0 amide bonds. The Labute approximate surface area is 125 Å². The van der Waals surface area contributed by atoms with Crippen LogP contribution in [0.15, 0.2) is 30.3 Å². The van der Waals surface area contributed by atoms with Crippen molar-refractivity contribution in [1.29, 1.82) is 0 Å². The molecule has 4 heteroatoms. The smallest absolute Gasteiger partial charge is 0.403 e. The van der Waals surface area contributed by atoms with Crippen LogP contribution in [0.1, 0.15) is 34.6 Å². The molecule has 1 aliphatic heterocycles. The molecule has 1 aromatic rings. The third-order valence-corrected chi connectivity index (χ3v) is 9.71. The Morgan fingerprint density at radius 3 is 1.85 bits per heavy atom. The van der Waals surface area contributed by atoms with Gasteiger partial charge in [0.15, 0.2) is 0 Å². The van der Waals surface area contributed by atoms with Crippen LogP contribution in [0, 0.1) is 0 Å². The van der Waals surface area contributed by atoms with E-state index in [1.165, 1.54) is 5.19 Å². The van der Waals surface area contributed by atoms with Gasteiger partial charge in [0.2, 0.25) is 0 Å². The van der Waals surface area contributed by atoms with Crippen molar-refractivity contribution < 1.29 is 9.31 Å². The summed E-state index contributed by atoms with van der Waals surface area (Å²) in [4.78, 5) is 0. The standard InChI is InChI=1S/C16H27BO2Si/c1-13(17-18-15(2,3)16(4,5)19-17)20(6,7)14-11-9-8-10-12-14/h8-13H,1-7H3. The van der Waals surface area contributed by atoms with E-state index in [4.69, 9.17) is 9.31 Å². The van der Waals surface area contributed by atoms with Crippen molar-refractivity contribution >= 4 is 20.4 Å². The monoisotopic (exact) mass is 290 g/mol. The Bertz CT molecular complexity index is 455. The maximum Gasteiger partial charge on any atom is 0.458 e. The van der Waals surface area contributed by atoms with Crippen LogP contribution in [0.3, 0.4) is 0 Å². The quantitative estimate of drug-likeness (QED) is 0.792. The van der Waals surface area contributed by atoms with Gasteiger partial charge in [0, 0.05) is 0 Å². The van der Waals surface area contributed by atoms with E-state index in [9.17, 15) is 0 Å². The first-order chi connectivity index (χ1) is 9.08. The molecule has 110 valence electrons. The lowest BCUT2D eigenvalue weighted by Crippen LogP contribution is -2.51. The zero-order valence-corrected chi connectivity index (χ0v) is 14.9. The molecule has 20 heavy (non-hydrogen) atoms. The fourth-order valence-corrected chi connectivity index (χ4v) is 4.96. The molecule has 1 aliphatic rings. The largest absolute Gasteiger partial charge is 0.458 e. The van der Waals surface area contributed by atoms with Gasteiger partial charge in [0.25, 0.3) is 0 Å². The summed E-state index contributed by atoms with van der Waals surface area (Å²) in [5.74, 6) is 0. The molecule has 0 bridgehead atoms.